The molecule has 1 unspecified atom stereocenters. The van der Waals surface area contributed by atoms with Crippen LogP contribution in [0.5, 0.6) is 0 Å². The third-order valence-corrected chi connectivity index (χ3v) is 5.59. The molecular weight excluding hydrogens is 336 g/mol. The molecule has 3 rings (SSSR count). The first-order chi connectivity index (χ1) is 12.1. The van der Waals surface area contributed by atoms with Gasteiger partial charge in [0.05, 0.1) is 11.5 Å². The number of hydrogen-bond acceptors (Lipinski definition) is 4. The number of carboxylic acid groups (broad SMARTS) is 1. The summed E-state index contributed by atoms with van der Waals surface area (Å²) in [7, 11) is 0. The fourth-order valence-electron chi connectivity index (χ4n) is 3.19. The minimum Gasteiger partial charge on any atom is -0.481 e. The summed E-state index contributed by atoms with van der Waals surface area (Å²) in [6.07, 6.45) is 3.03. The van der Waals surface area contributed by atoms with Crippen molar-refractivity contribution < 1.29 is 14.7 Å². The van der Waals surface area contributed by atoms with Crippen LogP contribution in [0.2, 0.25) is 0 Å². The Hall–Kier alpha value is -2.65. The molecule has 0 aliphatic heterocycles. The van der Waals surface area contributed by atoms with Gasteiger partial charge in [0.2, 0.25) is 5.91 Å². The maximum atomic E-state index is 12.3. The molecule has 25 heavy (non-hydrogen) atoms. The van der Waals surface area contributed by atoms with Crippen molar-refractivity contribution in [1.29, 1.82) is 5.26 Å². The van der Waals surface area contributed by atoms with Crippen molar-refractivity contribution in [1.82, 2.24) is 0 Å². The number of hydrogen-bond donors (Lipinski definition) is 2. The monoisotopic (exact) mass is 354 g/mol. The first-order valence-corrected chi connectivity index (χ1v) is 9.04. The lowest BCUT2D eigenvalue weighted by molar-refractivity contribution is -0.139. The van der Waals surface area contributed by atoms with Gasteiger partial charge in [-0.25, -0.2) is 0 Å². The Bertz CT molecular complexity index is 836. The fourth-order valence-corrected chi connectivity index (χ4v) is 4.46. The van der Waals surface area contributed by atoms with Gasteiger partial charge in [-0.3, -0.25) is 9.59 Å². The normalized spacial score (nSPS) is 15.9. The number of amides is 1. The maximum absolute atomic E-state index is 12.3. The van der Waals surface area contributed by atoms with Crippen LogP contribution in [0.4, 0.5) is 5.00 Å². The summed E-state index contributed by atoms with van der Waals surface area (Å²) in [5, 5.41) is 22.2. The Balaban J connectivity index is 1.76. The number of anilines is 1. The topological polar surface area (TPSA) is 90.2 Å². The predicted octanol–water partition coefficient (Wildman–Crippen LogP) is 3.70. The SMILES string of the molecule is N#Cc1c(NC(=O)CCc2ccccc2)sc2c1C(C(=O)O)CCC2. The molecule has 0 radical (unpaired) electrons. The molecule has 6 heteroatoms. The van der Waals surface area contributed by atoms with Crippen molar-refractivity contribution >= 4 is 28.2 Å². The van der Waals surface area contributed by atoms with Crippen LogP contribution in [0.15, 0.2) is 30.3 Å². The van der Waals surface area contributed by atoms with Gasteiger partial charge in [-0.2, -0.15) is 5.26 Å². The standard InChI is InChI=1S/C19H18N2O3S/c20-11-14-17-13(19(23)24)7-4-8-15(17)25-18(14)21-16(22)10-9-12-5-2-1-3-6-12/h1-3,5-6,13H,4,7-10H2,(H,21,22)(H,23,24). The van der Waals surface area contributed by atoms with Crippen LogP contribution in [0, 0.1) is 11.3 Å². The second kappa shape index (κ2) is 7.49. The summed E-state index contributed by atoms with van der Waals surface area (Å²) in [4.78, 5) is 24.6. The highest BCUT2D eigenvalue weighted by molar-refractivity contribution is 7.16. The molecule has 1 aromatic heterocycles. The first-order valence-electron chi connectivity index (χ1n) is 8.22. The Kier molecular flexibility index (Phi) is 5.15. The van der Waals surface area contributed by atoms with Crippen LogP contribution in [0.3, 0.4) is 0 Å². The number of rotatable bonds is 5. The zero-order chi connectivity index (χ0) is 17.8. The molecule has 1 heterocycles. The molecule has 1 amide bonds. The van der Waals surface area contributed by atoms with Gasteiger partial charge in [0.1, 0.15) is 11.1 Å². The number of carbonyl (C=O) groups is 2. The molecule has 0 saturated heterocycles. The molecule has 1 aliphatic rings. The predicted molar refractivity (Wildman–Crippen MR) is 95.7 cm³/mol. The number of carboxylic acids is 1. The van der Waals surface area contributed by atoms with Crippen molar-refractivity contribution in [2.75, 3.05) is 5.32 Å². The maximum Gasteiger partial charge on any atom is 0.311 e. The van der Waals surface area contributed by atoms with Crippen LogP contribution >= 0.6 is 11.3 Å². The van der Waals surface area contributed by atoms with E-state index in [2.05, 4.69) is 11.4 Å². The Morgan fingerprint density at radius 2 is 2.08 bits per heavy atom. The number of fused-ring (bicyclic) bond motifs is 1. The van der Waals surface area contributed by atoms with Crippen LogP contribution in [-0.4, -0.2) is 17.0 Å². The second-order valence-electron chi connectivity index (χ2n) is 6.07. The van der Waals surface area contributed by atoms with E-state index >= 15 is 0 Å². The van der Waals surface area contributed by atoms with Gasteiger partial charge in [0.25, 0.3) is 0 Å². The lowest BCUT2D eigenvalue weighted by Crippen LogP contribution is -2.17. The minimum absolute atomic E-state index is 0.161. The van der Waals surface area contributed by atoms with Crippen molar-refractivity contribution in [3.05, 3.63) is 51.9 Å². The number of nitriles is 1. The number of thiophene rings is 1. The number of benzene rings is 1. The lowest BCUT2D eigenvalue weighted by atomic mass is 9.85. The van der Waals surface area contributed by atoms with Crippen LogP contribution in [0.1, 0.15) is 46.7 Å². The van der Waals surface area contributed by atoms with Crippen molar-refractivity contribution in [3.8, 4) is 6.07 Å². The van der Waals surface area contributed by atoms with Crippen molar-refractivity contribution in [2.24, 2.45) is 0 Å². The van der Waals surface area contributed by atoms with E-state index in [-0.39, 0.29) is 5.91 Å². The number of nitrogens with one attached hydrogen (secondary N) is 1. The van der Waals surface area contributed by atoms with E-state index in [0.717, 1.165) is 23.3 Å². The van der Waals surface area contributed by atoms with Gasteiger partial charge in [-0.15, -0.1) is 11.3 Å². The van der Waals surface area contributed by atoms with Gasteiger partial charge in [0, 0.05) is 16.9 Å². The minimum atomic E-state index is -0.905. The van der Waals surface area contributed by atoms with E-state index in [1.165, 1.54) is 11.3 Å². The number of nitrogens with zero attached hydrogens (tertiary/aromatic N) is 1. The fraction of sp³-hybridized carbons (Fsp3) is 0.316. The molecule has 2 aromatic rings. The highest BCUT2D eigenvalue weighted by atomic mass is 32.1. The lowest BCUT2D eigenvalue weighted by Gasteiger charge is -2.18. The van der Waals surface area contributed by atoms with Gasteiger partial charge in [-0.1, -0.05) is 30.3 Å². The summed E-state index contributed by atoms with van der Waals surface area (Å²) < 4.78 is 0. The molecule has 1 atom stereocenters. The van der Waals surface area contributed by atoms with Crippen LogP contribution < -0.4 is 5.32 Å². The number of aliphatic carboxylic acids is 1. The van der Waals surface area contributed by atoms with Crippen LogP contribution in [-0.2, 0) is 22.4 Å². The third-order valence-electron chi connectivity index (χ3n) is 4.41. The zero-order valence-electron chi connectivity index (χ0n) is 13.6. The Labute approximate surface area is 149 Å². The first kappa shape index (κ1) is 17.2. The average molecular weight is 354 g/mol. The molecule has 0 bridgehead atoms. The van der Waals surface area contributed by atoms with E-state index in [1.54, 1.807) is 0 Å². The van der Waals surface area contributed by atoms with Crippen molar-refractivity contribution in [3.63, 3.8) is 0 Å². The molecule has 0 spiro atoms. The molecule has 128 valence electrons. The molecule has 0 fully saturated rings. The molecule has 5 nitrogen and oxygen atoms in total. The highest BCUT2D eigenvalue weighted by Gasteiger charge is 2.32. The largest absolute Gasteiger partial charge is 0.481 e. The van der Waals surface area contributed by atoms with E-state index < -0.39 is 11.9 Å². The Morgan fingerprint density at radius 1 is 1.32 bits per heavy atom. The second-order valence-corrected chi connectivity index (χ2v) is 7.18. The average Bonchev–Trinajstić information content (AvgIpc) is 2.97. The highest BCUT2D eigenvalue weighted by Crippen LogP contribution is 2.43. The molecule has 1 aliphatic carbocycles. The van der Waals surface area contributed by atoms with Gasteiger partial charge < -0.3 is 10.4 Å². The smallest absolute Gasteiger partial charge is 0.311 e. The number of aryl methyl sites for hydroxylation is 2. The third kappa shape index (κ3) is 3.72. The van der Waals surface area contributed by atoms with Gasteiger partial charge in [-0.05, 0) is 31.2 Å². The van der Waals surface area contributed by atoms with Gasteiger partial charge >= 0.3 is 5.97 Å². The summed E-state index contributed by atoms with van der Waals surface area (Å²) in [6.45, 7) is 0. The molecular formula is C19H18N2O3S. The van der Waals surface area contributed by atoms with Gasteiger partial charge in [0.15, 0.2) is 0 Å². The summed E-state index contributed by atoms with van der Waals surface area (Å²) in [6, 6.07) is 11.8. The van der Waals surface area contributed by atoms with Crippen LogP contribution in [0.25, 0.3) is 0 Å². The van der Waals surface area contributed by atoms with Crippen molar-refractivity contribution in [2.45, 2.75) is 38.0 Å². The molecule has 1 aromatic carbocycles. The number of carbonyl (C=O) groups excluding carboxylic acids is 1. The van der Waals surface area contributed by atoms with E-state index in [9.17, 15) is 20.0 Å². The summed E-state index contributed by atoms with van der Waals surface area (Å²) in [5.41, 5.74) is 2.00. The molecule has 0 saturated carbocycles. The van der Waals surface area contributed by atoms with E-state index in [0.29, 0.717) is 35.4 Å². The summed E-state index contributed by atoms with van der Waals surface area (Å²) >= 11 is 1.34. The summed E-state index contributed by atoms with van der Waals surface area (Å²) in [5.74, 6) is -1.72. The van der Waals surface area contributed by atoms with E-state index in [4.69, 9.17) is 0 Å². The Morgan fingerprint density at radius 3 is 2.76 bits per heavy atom. The zero-order valence-corrected chi connectivity index (χ0v) is 14.4. The quantitative estimate of drug-likeness (QED) is 0.857. The molecule has 2 N–H and O–H groups in total. The van der Waals surface area contributed by atoms with E-state index in [1.807, 2.05) is 30.3 Å².